The van der Waals surface area contributed by atoms with Gasteiger partial charge >= 0.3 is 11.4 Å². The monoisotopic (exact) mass is 521 g/mol. The van der Waals surface area contributed by atoms with E-state index in [1.165, 1.54) is 0 Å². The molecule has 0 radical (unpaired) electrons. The molecule has 0 N–H and O–H groups in total. The molecular weight excluding hydrogens is 508 g/mol. The Morgan fingerprint density at radius 2 is 1.18 bits per heavy atom. The van der Waals surface area contributed by atoms with Gasteiger partial charge in [-0.15, -0.1) is 0 Å². The van der Waals surface area contributed by atoms with Crippen LogP contribution in [0.1, 0.15) is 32.1 Å². The summed E-state index contributed by atoms with van der Waals surface area (Å²) in [5, 5.41) is 5.87. The molecule has 0 heterocycles. The zero-order valence-corrected chi connectivity index (χ0v) is 16.8. The highest BCUT2D eigenvalue weighted by Crippen LogP contribution is 2.45. The third-order valence-electron chi connectivity index (χ3n) is 3.69. The van der Waals surface area contributed by atoms with E-state index >= 15 is 0 Å². The molecule has 0 saturated carbocycles. The SMILES string of the molecule is O=C(CC(F)(F)CC(F)(F)CC(F)(F)CC(F)(F)CC(F)(F)Cl)Oc1ccc([N+](=O)[O-])cc1. The van der Waals surface area contributed by atoms with Crippen LogP contribution < -0.4 is 4.74 Å². The van der Waals surface area contributed by atoms with Gasteiger partial charge in [0.1, 0.15) is 12.2 Å². The molecule has 1 aromatic carbocycles. The molecule has 16 heteroatoms. The lowest BCUT2D eigenvalue weighted by atomic mass is 9.97. The predicted octanol–water partition coefficient (Wildman–Crippen LogP) is 6.82. The normalized spacial score (nSPS) is 13.7. The minimum atomic E-state index is -5.04. The summed E-state index contributed by atoms with van der Waals surface area (Å²) in [5.41, 5.74) is -0.443. The van der Waals surface area contributed by atoms with Crippen LogP contribution in [0.5, 0.6) is 5.75 Å². The average molecular weight is 522 g/mol. The van der Waals surface area contributed by atoms with Crippen molar-refractivity contribution in [3.05, 3.63) is 34.4 Å². The van der Waals surface area contributed by atoms with Crippen LogP contribution in [0.15, 0.2) is 24.3 Å². The van der Waals surface area contributed by atoms with Crippen molar-refractivity contribution < 1.29 is 58.4 Å². The first-order valence-corrected chi connectivity index (χ1v) is 9.01. The number of halogens is 11. The average Bonchev–Trinajstić information content (AvgIpc) is 2.47. The van der Waals surface area contributed by atoms with Crippen LogP contribution in [0.25, 0.3) is 0 Å². The van der Waals surface area contributed by atoms with Gasteiger partial charge in [0.15, 0.2) is 0 Å². The number of hydrogen-bond acceptors (Lipinski definition) is 4. The number of nitro groups is 1. The second-order valence-electron chi connectivity index (χ2n) is 7.15. The van der Waals surface area contributed by atoms with Crippen LogP contribution in [0.4, 0.5) is 49.6 Å². The fourth-order valence-corrected chi connectivity index (χ4v) is 2.89. The highest BCUT2D eigenvalue weighted by Gasteiger charge is 2.55. The van der Waals surface area contributed by atoms with E-state index in [0.29, 0.717) is 0 Å². The summed E-state index contributed by atoms with van der Waals surface area (Å²) in [6.45, 7) is 0. The topological polar surface area (TPSA) is 69.4 Å². The van der Waals surface area contributed by atoms with Crippen LogP contribution in [-0.2, 0) is 4.79 Å². The molecule has 0 aliphatic rings. The molecule has 0 fully saturated rings. The van der Waals surface area contributed by atoms with Gasteiger partial charge in [0.05, 0.1) is 30.6 Å². The third kappa shape index (κ3) is 11.4. The van der Waals surface area contributed by atoms with Crippen molar-refractivity contribution >= 4 is 23.3 Å². The van der Waals surface area contributed by atoms with Crippen molar-refractivity contribution in [2.45, 2.75) is 61.2 Å². The zero-order valence-electron chi connectivity index (χ0n) is 16.1. The summed E-state index contributed by atoms with van der Waals surface area (Å²) in [6, 6.07) is 3.36. The first-order chi connectivity index (χ1) is 14.6. The molecule has 33 heavy (non-hydrogen) atoms. The maximum Gasteiger partial charge on any atom is 0.327 e. The number of carbonyl (C=O) groups is 1. The lowest BCUT2D eigenvalue weighted by Gasteiger charge is -2.29. The summed E-state index contributed by atoms with van der Waals surface area (Å²) in [4.78, 5) is 21.2. The number of carbonyl (C=O) groups excluding carboxylic acids is 1. The molecule has 0 bridgehead atoms. The smallest absolute Gasteiger partial charge is 0.327 e. The predicted molar refractivity (Wildman–Crippen MR) is 92.4 cm³/mol. The van der Waals surface area contributed by atoms with E-state index in [2.05, 4.69) is 16.3 Å². The minimum absolute atomic E-state index is 0.443. The number of benzene rings is 1. The molecule has 0 atom stereocenters. The van der Waals surface area contributed by atoms with E-state index in [9.17, 15) is 58.8 Å². The highest BCUT2D eigenvalue weighted by molar-refractivity contribution is 6.21. The molecular formula is C17H14ClF10NO4. The molecule has 0 amide bonds. The second kappa shape index (κ2) is 9.89. The lowest BCUT2D eigenvalue weighted by molar-refractivity contribution is -0.384. The molecule has 5 nitrogen and oxygen atoms in total. The van der Waals surface area contributed by atoms with E-state index in [1.54, 1.807) is 0 Å². The maximum absolute atomic E-state index is 13.8. The fourth-order valence-electron chi connectivity index (χ4n) is 2.69. The Morgan fingerprint density at radius 3 is 1.58 bits per heavy atom. The molecule has 1 rings (SSSR count). The quantitative estimate of drug-likeness (QED) is 0.0755. The fraction of sp³-hybridized carbons (Fsp3) is 0.588. The maximum atomic E-state index is 13.8. The third-order valence-corrected chi connectivity index (χ3v) is 3.83. The first-order valence-electron chi connectivity index (χ1n) is 8.64. The van der Waals surface area contributed by atoms with Crippen LogP contribution in [0.3, 0.4) is 0 Å². The molecule has 1 aromatic rings. The van der Waals surface area contributed by atoms with Gasteiger partial charge < -0.3 is 4.74 Å². The summed E-state index contributed by atoms with van der Waals surface area (Å²) in [5.74, 6) is -21.8. The van der Waals surface area contributed by atoms with Crippen molar-refractivity contribution in [1.82, 2.24) is 0 Å². The van der Waals surface area contributed by atoms with Gasteiger partial charge in [0.2, 0.25) is 0 Å². The Hall–Kier alpha value is -2.32. The largest absolute Gasteiger partial charge is 0.426 e. The number of alkyl halides is 11. The van der Waals surface area contributed by atoms with Crippen molar-refractivity contribution in [3.8, 4) is 5.75 Å². The second-order valence-corrected chi connectivity index (χ2v) is 7.70. The van der Waals surface area contributed by atoms with Crippen molar-refractivity contribution in [2.24, 2.45) is 0 Å². The Labute approximate surface area is 183 Å². The zero-order chi connectivity index (χ0) is 25.9. The number of rotatable bonds is 12. The van der Waals surface area contributed by atoms with Gasteiger partial charge in [-0.2, -0.15) is 8.78 Å². The first kappa shape index (κ1) is 28.7. The summed E-state index contributed by atoms with van der Waals surface area (Å²) < 4.78 is 138. The molecule has 0 spiro atoms. The standard InChI is InChI=1S/C17H14ClF10NO4/c18-17(27,28)9-16(25,26)8-15(23,24)7-14(21,22)6-13(19,20)5-12(30)33-11-3-1-10(2-4-11)29(31)32/h1-4H,5-9H2. The molecule has 0 unspecified atom stereocenters. The molecule has 0 aliphatic heterocycles. The summed E-state index contributed by atoms with van der Waals surface area (Å²) in [6.07, 6.45) is -12.9. The molecule has 0 aromatic heterocycles. The van der Waals surface area contributed by atoms with Crippen molar-refractivity contribution in [3.63, 3.8) is 0 Å². The van der Waals surface area contributed by atoms with Gasteiger partial charge in [-0.1, -0.05) is 0 Å². The number of nitro benzene ring substituents is 1. The number of esters is 1. The Balaban J connectivity index is 2.74. The number of nitrogens with zero attached hydrogens (tertiary/aromatic N) is 1. The van der Waals surface area contributed by atoms with E-state index in [0.717, 1.165) is 24.3 Å². The van der Waals surface area contributed by atoms with Gasteiger partial charge in [0, 0.05) is 12.1 Å². The number of ether oxygens (including phenoxy) is 1. The Morgan fingerprint density at radius 1 is 0.788 bits per heavy atom. The van der Waals surface area contributed by atoms with Crippen LogP contribution >= 0.6 is 11.6 Å². The molecule has 0 saturated heterocycles. The van der Waals surface area contributed by atoms with Crippen LogP contribution in [-0.4, -0.2) is 40.0 Å². The van der Waals surface area contributed by atoms with E-state index in [4.69, 9.17) is 0 Å². The van der Waals surface area contributed by atoms with E-state index < -0.39 is 83.5 Å². The van der Waals surface area contributed by atoms with Gasteiger partial charge in [0.25, 0.3) is 29.4 Å². The molecule has 0 aliphatic carbocycles. The van der Waals surface area contributed by atoms with E-state index in [1.807, 2.05) is 0 Å². The number of non-ortho nitro benzene ring substituents is 1. The van der Waals surface area contributed by atoms with Gasteiger partial charge in [-0.3, -0.25) is 14.9 Å². The van der Waals surface area contributed by atoms with E-state index in [-0.39, 0.29) is 0 Å². The lowest BCUT2D eigenvalue weighted by Crippen LogP contribution is -2.40. The highest BCUT2D eigenvalue weighted by atomic mass is 35.5. The number of hydrogen-bond donors (Lipinski definition) is 0. The summed E-state index contributed by atoms with van der Waals surface area (Å²) >= 11 is 4.22. The Bertz CT molecular complexity index is 843. The summed E-state index contributed by atoms with van der Waals surface area (Å²) in [7, 11) is 0. The van der Waals surface area contributed by atoms with Crippen molar-refractivity contribution in [2.75, 3.05) is 0 Å². The minimum Gasteiger partial charge on any atom is -0.426 e. The van der Waals surface area contributed by atoms with Crippen LogP contribution in [0.2, 0.25) is 0 Å². The molecule has 188 valence electrons. The van der Waals surface area contributed by atoms with Gasteiger partial charge in [-0.05, 0) is 23.7 Å². The van der Waals surface area contributed by atoms with Crippen molar-refractivity contribution in [1.29, 1.82) is 0 Å². The van der Waals surface area contributed by atoms with Gasteiger partial charge in [-0.25, -0.2) is 35.1 Å². The Kier molecular flexibility index (Phi) is 8.61. The van der Waals surface area contributed by atoms with Crippen LogP contribution in [0, 0.1) is 10.1 Å².